The molecule has 0 saturated heterocycles. The molecule has 0 radical (unpaired) electrons. The standard InChI is InChI=1S/C33H44Si/c1-20(2)30-28(27-17-13-15-25-14-12-16-26(25)27)18-19-29(33(7,8)9)32(30)34(10,11)31-23(5)21(3)22(4)24(31)6/h12-13,15-20,23H,14H2,1-11H3. The van der Waals surface area contributed by atoms with Crippen molar-refractivity contribution in [3.05, 3.63) is 80.6 Å². The number of fused-ring (bicyclic) bond motifs is 1. The van der Waals surface area contributed by atoms with Crippen molar-refractivity contribution in [2.75, 3.05) is 0 Å². The molecule has 0 amide bonds. The van der Waals surface area contributed by atoms with Gasteiger partial charge >= 0.3 is 0 Å². The Morgan fingerprint density at radius 2 is 1.59 bits per heavy atom. The molecule has 1 heteroatoms. The molecule has 2 aliphatic rings. The Hall–Kier alpha value is -2.12. The van der Waals surface area contributed by atoms with Crippen molar-refractivity contribution in [2.45, 2.75) is 93.2 Å². The molecule has 2 aromatic carbocycles. The first-order chi connectivity index (χ1) is 15.8. The highest BCUT2D eigenvalue weighted by Crippen LogP contribution is 2.44. The largest absolute Gasteiger partial charge is 0.109 e. The van der Waals surface area contributed by atoms with E-state index in [1.54, 1.807) is 32.7 Å². The van der Waals surface area contributed by atoms with E-state index in [4.69, 9.17) is 0 Å². The normalized spacial score (nSPS) is 18.5. The minimum atomic E-state index is -1.99. The predicted molar refractivity (Wildman–Crippen MR) is 155 cm³/mol. The Labute approximate surface area is 209 Å². The molecule has 0 spiro atoms. The second-order valence-electron chi connectivity index (χ2n) is 12.5. The maximum absolute atomic E-state index is 2.63. The second-order valence-corrected chi connectivity index (χ2v) is 16.8. The first-order valence-electron chi connectivity index (χ1n) is 13.1. The van der Waals surface area contributed by atoms with E-state index in [1.165, 1.54) is 27.8 Å². The van der Waals surface area contributed by atoms with Crippen molar-refractivity contribution >= 4 is 19.3 Å². The molecule has 1 atom stereocenters. The minimum absolute atomic E-state index is 0.105. The van der Waals surface area contributed by atoms with E-state index in [2.05, 4.69) is 118 Å². The van der Waals surface area contributed by atoms with Crippen LogP contribution in [0.15, 0.2) is 58.3 Å². The zero-order chi connectivity index (χ0) is 25.2. The van der Waals surface area contributed by atoms with Crippen LogP contribution in [0.5, 0.6) is 0 Å². The van der Waals surface area contributed by atoms with Crippen LogP contribution in [-0.4, -0.2) is 8.07 Å². The van der Waals surface area contributed by atoms with Crippen molar-refractivity contribution in [2.24, 2.45) is 5.92 Å². The van der Waals surface area contributed by atoms with Crippen molar-refractivity contribution in [1.29, 1.82) is 0 Å². The van der Waals surface area contributed by atoms with E-state index in [-0.39, 0.29) is 5.41 Å². The highest BCUT2D eigenvalue weighted by molar-refractivity contribution is 6.96. The van der Waals surface area contributed by atoms with Gasteiger partial charge in [-0.15, -0.1) is 0 Å². The lowest BCUT2D eigenvalue weighted by Crippen LogP contribution is -2.51. The molecule has 0 aliphatic heterocycles. The van der Waals surface area contributed by atoms with Gasteiger partial charge in [0.2, 0.25) is 0 Å². The lowest BCUT2D eigenvalue weighted by atomic mass is 9.81. The smallest absolute Gasteiger partial charge is 0.0795 e. The first-order valence-corrected chi connectivity index (χ1v) is 16.1. The molecule has 2 aliphatic carbocycles. The van der Waals surface area contributed by atoms with E-state index < -0.39 is 8.07 Å². The number of benzene rings is 2. The van der Waals surface area contributed by atoms with Gasteiger partial charge in [0.05, 0.1) is 0 Å². The zero-order valence-corrected chi connectivity index (χ0v) is 24.4. The third-order valence-corrected chi connectivity index (χ3v) is 12.6. The molecule has 0 N–H and O–H groups in total. The van der Waals surface area contributed by atoms with Crippen LogP contribution in [0.25, 0.3) is 17.2 Å². The van der Waals surface area contributed by atoms with Gasteiger partial charge in [0.25, 0.3) is 0 Å². The molecule has 1 unspecified atom stereocenters. The van der Waals surface area contributed by atoms with Crippen LogP contribution in [0.3, 0.4) is 0 Å². The fourth-order valence-corrected chi connectivity index (χ4v) is 11.7. The molecule has 0 nitrogen and oxygen atoms in total. The molecule has 34 heavy (non-hydrogen) atoms. The van der Waals surface area contributed by atoms with Crippen LogP contribution < -0.4 is 5.19 Å². The lowest BCUT2D eigenvalue weighted by Gasteiger charge is -2.39. The van der Waals surface area contributed by atoms with Crippen LogP contribution in [0, 0.1) is 5.92 Å². The summed E-state index contributed by atoms with van der Waals surface area (Å²) < 4.78 is 0. The molecular formula is C33H44Si. The average Bonchev–Trinajstić information content (AvgIpc) is 3.31. The van der Waals surface area contributed by atoms with Crippen LogP contribution in [0.2, 0.25) is 13.1 Å². The van der Waals surface area contributed by atoms with Crippen LogP contribution >= 0.6 is 0 Å². The SMILES string of the molecule is CC1=C(C)C(C)C([Si](C)(C)c2c(C(C)(C)C)ccc(-c3cccc4c3C=CC4)c2C(C)C)=C1C. The average molecular weight is 469 g/mol. The van der Waals surface area contributed by atoms with Gasteiger partial charge in [-0.25, -0.2) is 0 Å². The summed E-state index contributed by atoms with van der Waals surface area (Å²) in [6.45, 7) is 26.8. The van der Waals surface area contributed by atoms with Gasteiger partial charge in [0.1, 0.15) is 8.07 Å². The summed E-state index contributed by atoms with van der Waals surface area (Å²) in [5, 5.41) is 3.43. The van der Waals surface area contributed by atoms with Gasteiger partial charge in [-0.05, 0) is 88.6 Å². The monoisotopic (exact) mass is 468 g/mol. The molecule has 0 saturated carbocycles. The first kappa shape index (κ1) is 25.0. The van der Waals surface area contributed by atoms with Crippen molar-refractivity contribution in [1.82, 2.24) is 0 Å². The van der Waals surface area contributed by atoms with Gasteiger partial charge in [0.15, 0.2) is 0 Å². The highest BCUT2D eigenvalue weighted by Gasteiger charge is 2.42. The molecule has 180 valence electrons. The summed E-state index contributed by atoms with van der Waals surface area (Å²) in [7, 11) is -1.99. The lowest BCUT2D eigenvalue weighted by molar-refractivity contribution is 0.592. The molecule has 0 aromatic heterocycles. The maximum atomic E-state index is 2.63. The highest BCUT2D eigenvalue weighted by atomic mass is 28.3. The summed E-state index contributed by atoms with van der Waals surface area (Å²) in [5.41, 5.74) is 13.7. The molecule has 2 aromatic rings. The van der Waals surface area contributed by atoms with E-state index in [1.807, 2.05) is 0 Å². The Morgan fingerprint density at radius 3 is 2.15 bits per heavy atom. The van der Waals surface area contributed by atoms with Gasteiger partial charge in [0, 0.05) is 0 Å². The summed E-state index contributed by atoms with van der Waals surface area (Å²) in [4.78, 5) is 0. The summed E-state index contributed by atoms with van der Waals surface area (Å²) in [5.74, 6) is 1.01. The van der Waals surface area contributed by atoms with E-state index in [0.29, 0.717) is 11.8 Å². The second kappa shape index (κ2) is 8.52. The maximum Gasteiger partial charge on any atom is 0.109 e. The van der Waals surface area contributed by atoms with Crippen molar-refractivity contribution < 1.29 is 0 Å². The summed E-state index contributed by atoms with van der Waals surface area (Å²) >= 11 is 0. The fraction of sp³-hybridized carbons (Fsp3) is 0.455. The fourth-order valence-electron chi connectivity index (χ4n) is 6.79. The Morgan fingerprint density at radius 1 is 0.912 bits per heavy atom. The van der Waals surface area contributed by atoms with Crippen LogP contribution in [0.1, 0.15) is 90.5 Å². The quantitative estimate of drug-likeness (QED) is 0.392. The third-order valence-electron chi connectivity index (χ3n) is 8.68. The topological polar surface area (TPSA) is 0 Å². The van der Waals surface area contributed by atoms with E-state index in [9.17, 15) is 0 Å². The van der Waals surface area contributed by atoms with Crippen LogP contribution in [-0.2, 0) is 11.8 Å². The number of rotatable bonds is 4. The number of hydrogen-bond donors (Lipinski definition) is 0. The Balaban J connectivity index is 2.09. The predicted octanol–water partition coefficient (Wildman–Crippen LogP) is 9.10. The van der Waals surface area contributed by atoms with Gasteiger partial charge < -0.3 is 0 Å². The van der Waals surface area contributed by atoms with Crippen molar-refractivity contribution in [3.8, 4) is 11.1 Å². The molecule has 0 bridgehead atoms. The zero-order valence-electron chi connectivity index (χ0n) is 23.4. The Bertz CT molecular complexity index is 1240. The summed E-state index contributed by atoms with van der Waals surface area (Å²) in [6.07, 6.45) is 5.72. The minimum Gasteiger partial charge on any atom is -0.0795 e. The van der Waals surface area contributed by atoms with Crippen LogP contribution in [0.4, 0.5) is 0 Å². The molecule has 0 fully saturated rings. The van der Waals surface area contributed by atoms with Gasteiger partial charge in [-0.1, -0.05) is 113 Å². The molecule has 0 heterocycles. The van der Waals surface area contributed by atoms with E-state index in [0.717, 1.165) is 6.42 Å². The van der Waals surface area contributed by atoms with E-state index >= 15 is 0 Å². The van der Waals surface area contributed by atoms with Gasteiger partial charge in [-0.3, -0.25) is 0 Å². The molecular weight excluding hydrogens is 424 g/mol. The third kappa shape index (κ3) is 3.81. The number of allylic oxidation sites excluding steroid dienone is 5. The molecule has 4 rings (SSSR count). The van der Waals surface area contributed by atoms with Gasteiger partial charge in [-0.2, -0.15) is 0 Å². The Kier molecular flexibility index (Phi) is 6.26. The number of hydrogen-bond acceptors (Lipinski definition) is 0. The summed E-state index contributed by atoms with van der Waals surface area (Å²) in [6, 6.07) is 11.8. The van der Waals surface area contributed by atoms with Crippen molar-refractivity contribution in [3.63, 3.8) is 0 Å².